The predicted octanol–water partition coefficient (Wildman–Crippen LogP) is 3.93. The number of hydrogen-bond acceptors (Lipinski definition) is 2. The van der Waals surface area contributed by atoms with E-state index in [0.717, 1.165) is 5.92 Å². The zero-order valence-corrected chi connectivity index (χ0v) is 11.6. The van der Waals surface area contributed by atoms with Crippen LogP contribution < -0.4 is 0 Å². The minimum Gasteiger partial charge on any atom is -0.353 e. The van der Waals surface area contributed by atoms with Gasteiger partial charge in [-0.2, -0.15) is 0 Å². The maximum atomic E-state index is 6.30. The van der Waals surface area contributed by atoms with E-state index in [4.69, 9.17) is 4.74 Å². The van der Waals surface area contributed by atoms with Gasteiger partial charge in [0, 0.05) is 0 Å². The Bertz CT molecular complexity index is 264. The first-order valence-electron chi connectivity index (χ1n) is 7.37. The molecule has 4 atom stereocenters. The Labute approximate surface area is 106 Å². The van der Waals surface area contributed by atoms with Crippen LogP contribution in [0.2, 0.25) is 0 Å². The van der Waals surface area contributed by atoms with Crippen molar-refractivity contribution in [3.8, 4) is 0 Å². The summed E-state index contributed by atoms with van der Waals surface area (Å²) in [7, 11) is 0. The molecule has 0 N–H and O–H groups in total. The van der Waals surface area contributed by atoms with Crippen molar-refractivity contribution in [1.82, 2.24) is 4.90 Å². The molecular formula is C15H27NO. The first-order chi connectivity index (χ1) is 8.27. The number of fused-ring (bicyclic) bond motifs is 1. The molecule has 2 heterocycles. The molecule has 2 rings (SSSR count). The second kappa shape index (κ2) is 5.90. The van der Waals surface area contributed by atoms with Gasteiger partial charge in [-0.3, -0.25) is 0 Å². The number of unbranched alkanes of at least 4 members (excludes halogenated alkanes) is 1. The molecule has 2 aliphatic heterocycles. The van der Waals surface area contributed by atoms with Crippen molar-refractivity contribution in [2.45, 2.75) is 77.7 Å². The molecule has 0 saturated carbocycles. The highest BCUT2D eigenvalue weighted by molar-refractivity contribution is 5.00. The lowest BCUT2D eigenvalue weighted by atomic mass is 9.89. The van der Waals surface area contributed by atoms with Gasteiger partial charge in [-0.25, -0.2) is 0 Å². The van der Waals surface area contributed by atoms with Crippen LogP contribution in [0.25, 0.3) is 0 Å². The quantitative estimate of drug-likeness (QED) is 0.718. The second-order valence-electron chi connectivity index (χ2n) is 5.52. The summed E-state index contributed by atoms with van der Waals surface area (Å²) in [4.78, 5) is 2.43. The highest BCUT2D eigenvalue weighted by Crippen LogP contribution is 2.35. The van der Waals surface area contributed by atoms with Gasteiger partial charge in [0.05, 0.1) is 12.1 Å². The van der Waals surface area contributed by atoms with Crippen LogP contribution in [0, 0.1) is 5.92 Å². The van der Waals surface area contributed by atoms with Gasteiger partial charge in [-0.15, -0.1) is 0 Å². The summed E-state index contributed by atoms with van der Waals surface area (Å²) in [5, 5.41) is 0. The summed E-state index contributed by atoms with van der Waals surface area (Å²) in [6.45, 7) is 6.91. The van der Waals surface area contributed by atoms with Crippen LogP contribution in [-0.4, -0.2) is 23.3 Å². The van der Waals surface area contributed by atoms with Gasteiger partial charge in [0.15, 0.2) is 0 Å². The van der Waals surface area contributed by atoms with Crippen LogP contribution in [0.4, 0.5) is 0 Å². The molecule has 2 heteroatoms. The molecule has 0 amide bonds. The van der Waals surface area contributed by atoms with Gasteiger partial charge in [0.25, 0.3) is 0 Å². The molecule has 98 valence electrons. The molecule has 0 aromatic carbocycles. The molecule has 2 nitrogen and oxygen atoms in total. The van der Waals surface area contributed by atoms with Gasteiger partial charge in [0.2, 0.25) is 0 Å². The third kappa shape index (κ3) is 2.67. The van der Waals surface area contributed by atoms with E-state index < -0.39 is 0 Å². The Balaban J connectivity index is 1.99. The van der Waals surface area contributed by atoms with Crippen molar-refractivity contribution >= 4 is 0 Å². The van der Waals surface area contributed by atoms with Crippen LogP contribution in [0.3, 0.4) is 0 Å². The van der Waals surface area contributed by atoms with E-state index in [1.165, 1.54) is 38.5 Å². The fraction of sp³-hybridized carbons (Fsp3) is 0.867. The Morgan fingerprint density at radius 2 is 2.24 bits per heavy atom. The summed E-state index contributed by atoms with van der Waals surface area (Å²) in [5.41, 5.74) is 0. The zero-order valence-electron chi connectivity index (χ0n) is 11.6. The lowest BCUT2D eigenvalue weighted by Crippen LogP contribution is -2.35. The SMILES string of the molecule is CCCCC(CC)C1OC2CCC=CN2C1C. The normalized spacial score (nSPS) is 33.8. The van der Waals surface area contributed by atoms with E-state index in [0.29, 0.717) is 18.4 Å². The molecule has 0 aliphatic carbocycles. The van der Waals surface area contributed by atoms with Crippen molar-refractivity contribution in [3.05, 3.63) is 12.3 Å². The molecule has 0 bridgehead atoms. The fourth-order valence-corrected chi connectivity index (χ4v) is 3.25. The molecule has 0 spiro atoms. The first-order valence-corrected chi connectivity index (χ1v) is 7.37. The molecule has 0 aromatic rings. The predicted molar refractivity (Wildman–Crippen MR) is 71.6 cm³/mol. The van der Waals surface area contributed by atoms with Gasteiger partial charge in [-0.05, 0) is 38.3 Å². The van der Waals surface area contributed by atoms with Crippen LogP contribution >= 0.6 is 0 Å². The van der Waals surface area contributed by atoms with Crippen LogP contribution in [-0.2, 0) is 4.74 Å². The van der Waals surface area contributed by atoms with E-state index in [1.54, 1.807) is 0 Å². The standard InChI is InChI=1S/C15H27NO/c1-4-6-9-13(5-2)15-12(3)16-11-8-7-10-14(16)17-15/h8,11-15H,4-7,9-10H2,1-3H3. The van der Waals surface area contributed by atoms with Crippen molar-refractivity contribution in [3.63, 3.8) is 0 Å². The number of allylic oxidation sites excluding steroid dienone is 1. The minimum atomic E-state index is 0.357. The van der Waals surface area contributed by atoms with E-state index in [-0.39, 0.29) is 0 Å². The summed E-state index contributed by atoms with van der Waals surface area (Å²) in [6.07, 6.45) is 12.9. The Morgan fingerprint density at radius 3 is 2.88 bits per heavy atom. The second-order valence-corrected chi connectivity index (χ2v) is 5.52. The molecule has 2 aliphatic rings. The fourth-order valence-electron chi connectivity index (χ4n) is 3.25. The van der Waals surface area contributed by atoms with Crippen LogP contribution in [0.5, 0.6) is 0 Å². The summed E-state index contributed by atoms with van der Waals surface area (Å²) in [5.74, 6) is 0.740. The minimum absolute atomic E-state index is 0.357. The Hall–Kier alpha value is -0.500. The van der Waals surface area contributed by atoms with E-state index in [9.17, 15) is 0 Å². The number of rotatable bonds is 5. The Morgan fingerprint density at radius 1 is 1.41 bits per heavy atom. The molecule has 1 fully saturated rings. The van der Waals surface area contributed by atoms with Gasteiger partial charge < -0.3 is 9.64 Å². The lowest BCUT2D eigenvalue weighted by molar-refractivity contribution is -0.0201. The molecule has 1 saturated heterocycles. The van der Waals surface area contributed by atoms with Crippen molar-refractivity contribution in [2.75, 3.05) is 0 Å². The largest absolute Gasteiger partial charge is 0.353 e. The summed E-state index contributed by atoms with van der Waals surface area (Å²) >= 11 is 0. The monoisotopic (exact) mass is 237 g/mol. The van der Waals surface area contributed by atoms with E-state index in [1.807, 2.05) is 0 Å². The average molecular weight is 237 g/mol. The molecule has 0 radical (unpaired) electrons. The summed E-state index contributed by atoms with van der Waals surface area (Å²) in [6, 6.07) is 0.554. The van der Waals surface area contributed by atoms with Crippen molar-refractivity contribution in [2.24, 2.45) is 5.92 Å². The van der Waals surface area contributed by atoms with Crippen molar-refractivity contribution in [1.29, 1.82) is 0 Å². The summed E-state index contributed by atoms with van der Waals surface area (Å²) < 4.78 is 6.30. The van der Waals surface area contributed by atoms with Gasteiger partial charge in [-0.1, -0.05) is 39.2 Å². The number of nitrogens with zero attached hydrogens (tertiary/aromatic N) is 1. The first kappa shape index (κ1) is 12.9. The maximum Gasteiger partial charge on any atom is 0.130 e. The van der Waals surface area contributed by atoms with E-state index >= 15 is 0 Å². The average Bonchev–Trinajstić information content (AvgIpc) is 2.69. The molecule has 0 aromatic heterocycles. The highest BCUT2D eigenvalue weighted by Gasteiger charge is 2.41. The Kier molecular flexibility index (Phi) is 4.49. The van der Waals surface area contributed by atoms with E-state index in [2.05, 4.69) is 37.9 Å². The smallest absolute Gasteiger partial charge is 0.130 e. The zero-order chi connectivity index (χ0) is 12.3. The van der Waals surface area contributed by atoms with Gasteiger partial charge in [0.1, 0.15) is 6.23 Å². The highest BCUT2D eigenvalue weighted by atomic mass is 16.5. The number of ether oxygens (including phenoxy) is 1. The van der Waals surface area contributed by atoms with Crippen molar-refractivity contribution < 1.29 is 4.74 Å². The van der Waals surface area contributed by atoms with Crippen LogP contribution in [0.1, 0.15) is 59.3 Å². The molecular weight excluding hydrogens is 210 g/mol. The number of hydrogen-bond donors (Lipinski definition) is 0. The third-order valence-corrected chi connectivity index (χ3v) is 4.37. The molecule has 4 unspecified atom stereocenters. The van der Waals surface area contributed by atoms with Crippen LogP contribution in [0.15, 0.2) is 12.3 Å². The molecule has 17 heavy (non-hydrogen) atoms. The topological polar surface area (TPSA) is 12.5 Å². The maximum absolute atomic E-state index is 6.30. The third-order valence-electron chi connectivity index (χ3n) is 4.37. The van der Waals surface area contributed by atoms with Gasteiger partial charge >= 0.3 is 0 Å². The lowest BCUT2D eigenvalue weighted by Gasteiger charge is -2.28.